The molecular formula is C43H67NO13. The van der Waals surface area contributed by atoms with Gasteiger partial charge in [0, 0.05) is 18.8 Å². The largest absolute Gasteiger partial charge is 0.461 e. The quantitative estimate of drug-likeness (QED) is 0.117. The monoisotopic (exact) mass is 805 g/mol. The highest BCUT2D eigenvalue weighted by Crippen LogP contribution is 2.76. The number of hydrogen-bond acceptors (Lipinski definition) is 13. The number of esters is 1. The molecule has 1 amide bonds. The van der Waals surface area contributed by atoms with Gasteiger partial charge in [0.05, 0.1) is 25.4 Å². The molecule has 0 unspecified atom stereocenters. The SMILES string of the molecule is CC(=O)N[C@H]1[C@H](O[C@H]2CC[C@]3(C)[C@H]4CC=C5[C@@H]6CC(C)(C)[C@@H]7C[C@]6(C(=O)O7)[C@H](O)C[C@@]5(C)[C@]4(C)CC[C@H]3C2(C)C)O[C@H](CO[C@@H]2OC[C@H](O)[C@H](O)[C@H]2O)[C@@H](O)[C@@H]1O. The van der Waals surface area contributed by atoms with Crippen LogP contribution in [-0.4, -0.2) is 129 Å². The minimum Gasteiger partial charge on any atom is -0.461 e. The molecule has 1 spiro atoms. The Morgan fingerprint density at radius 3 is 2.30 bits per heavy atom. The molecule has 322 valence electrons. The summed E-state index contributed by atoms with van der Waals surface area (Å²) >= 11 is 0. The van der Waals surface area contributed by atoms with Crippen LogP contribution < -0.4 is 5.32 Å². The Labute approximate surface area is 336 Å². The zero-order valence-corrected chi connectivity index (χ0v) is 34.8. The molecular weight excluding hydrogens is 738 g/mol. The second-order valence-electron chi connectivity index (χ2n) is 21.2. The Kier molecular flexibility index (Phi) is 10.2. The maximum absolute atomic E-state index is 13.7. The van der Waals surface area contributed by atoms with Crippen LogP contribution >= 0.6 is 0 Å². The van der Waals surface area contributed by atoms with Gasteiger partial charge in [-0.2, -0.15) is 0 Å². The smallest absolute Gasteiger partial charge is 0.315 e. The molecule has 0 aromatic heterocycles. The highest BCUT2D eigenvalue weighted by molar-refractivity contribution is 5.82. The molecule has 7 N–H and O–H groups in total. The summed E-state index contributed by atoms with van der Waals surface area (Å²) in [4.78, 5) is 26.0. The van der Waals surface area contributed by atoms with E-state index in [9.17, 15) is 40.2 Å². The lowest BCUT2D eigenvalue weighted by Gasteiger charge is -2.71. The van der Waals surface area contributed by atoms with Gasteiger partial charge in [-0.05, 0) is 84.4 Å². The van der Waals surface area contributed by atoms with Crippen LogP contribution in [0.5, 0.6) is 0 Å². The third-order valence-electron chi connectivity index (χ3n) is 17.7. The first-order chi connectivity index (χ1) is 26.5. The zero-order chi connectivity index (χ0) is 41.4. The number of ether oxygens (including phenoxy) is 5. The number of carbonyl (C=O) groups excluding carboxylic acids is 2. The number of aliphatic hydroxyl groups is 6. The van der Waals surface area contributed by atoms with Gasteiger partial charge in [0.1, 0.15) is 54.2 Å². The number of allylic oxidation sites excluding steroid dienone is 2. The maximum atomic E-state index is 13.7. The molecule has 0 aromatic carbocycles. The fourth-order valence-corrected chi connectivity index (χ4v) is 14.2. The standard InChI is InChI=1S/C43H67NO13/c1-20(45)44-30-33(50)32(49)24(19-54-36-34(51)31(48)23(46)18-53-36)55-35(30)56-28-12-13-40(6)25(39(28,4)5)11-14-41(7)26(40)10-9-21-22-15-38(2,3)29-17-43(22,37(52)57-29)27(47)16-42(21,41)8/h9,22-36,46-51H,10-19H2,1-8H3,(H,44,45)/t22-,23-,24+,25-,26+,27+,28-,29-,30+,31-,32+,33+,34+,35-,36-,40-,41+,42+,43+/m0/s1. The zero-order valence-electron chi connectivity index (χ0n) is 34.8. The fourth-order valence-electron chi connectivity index (χ4n) is 14.2. The third-order valence-corrected chi connectivity index (χ3v) is 17.7. The maximum Gasteiger partial charge on any atom is 0.315 e. The molecule has 4 saturated carbocycles. The van der Waals surface area contributed by atoms with Crippen molar-refractivity contribution in [2.45, 2.75) is 180 Å². The number of hydrogen-bond donors (Lipinski definition) is 7. The molecule has 19 atom stereocenters. The highest BCUT2D eigenvalue weighted by atomic mass is 16.7. The average molecular weight is 806 g/mol. The predicted molar refractivity (Wildman–Crippen MR) is 203 cm³/mol. The second-order valence-corrected chi connectivity index (χ2v) is 21.2. The summed E-state index contributed by atoms with van der Waals surface area (Å²) in [5.41, 5.74) is -0.570. The van der Waals surface area contributed by atoms with Crippen molar-refractivity contribution in [3.63, 3.8) is 0 Å². The molecule has 5 aliphatic carbocycles. The van der Waals surface area contributed by atoms with E-state index in [0.717, 1.165) is 32.1 Å². The normalized spacial score (nSPS) is 53.6. The van der Waals surface area contributed by atoms with Crippen molar-refractivity contribution >= 4 is 11.9 Å². The van der Waals surface area contributed by atoms with E-state index in [1.807, 2.05) is 0 Å². The van der Waals surface area contributed by atoms with Gasteiger partial charge in [-0.1, -0.05) is 60.1 Å². The molecule has 0 radical (unpaired) electrons. The van der Waals surface area contributed by atoms with Gasteiger partial charge in [0.15, 0.2) is 12.6 Å². The van der Waals surface area contributed by atoms with Crippen molar-refractivity contribution < 1.29 is 63.9 Å². The summed E-state index contributed by atoms with van der Waals surface area (Å²) in [6.07, 6.45) is -3.41. The van der Waals surface area contributed by atoms with Crippen molar-refractivity contribution in [2.75, 3.05) is 13.2 Å². The van der Waals surface area contributed by atoms with Crippen molar-refractivity contribution in [1.29, 1.82) is 0 Å². The Morgan fingerprint density at radius 1 is 0.877 bits per heavy atom. The number of amides is 1. The predicted octanol–water partition coefficient (Wildman–Crippen LogP) is 2.09. The summed E-state index contributed by atoms with van der Waals surface area (Å²) in [5.74, 6) is -0.144. The first-order valence-electron chi connectivity index (χ1n) is 21.3. The van der Waals surface area contributed by atoms with Crippen LogP contribution in [0.3, 0.4) is 0 Å². The second kappa shape index (κ2) is 13.9. The summed E-state index contributed by atoms with van der Waals surface area (Å²) in [6.45, 7) is 16.8. The van der Waals surface area contributed by atoms with Gasteiger partial charge in [0.25, 0.3) is 0 Å². The first kappa shape index (κ1) is 42.0. The summed E-state index contributed by atoms with van der Waals surface area (Å²) in [5, 5.41) is 67.6. The molecule has 7 fully saturated rings. The molecule has 14 heteroatoms. The minimum absolute atomic E-state index is 0.0497. The number of fused-ring (bicyclic) bond motifs is 7. The number of aliphatic hydroxyl groups excluding tert-OH is 6. The lowest BCUT2D eigenvalue weighted by molar-refractivity contribution is -0.322. The topological polar surface area (TPSA) is 214 Å². The first-order valence-corrected chi connectivity index (χ1v) is 21.3. The van der Waals surface area contributed by atoms with E-state index < -0.39 is 72.7 Å². The van der Waals surface area contributed by atoms with Gasteiger partial charge >= 0.3 is 5.97 Å². The van der Waals surface area contributed by atoms with Crippen molar-refractivity contribution in [1.82, 2.24) is 5.32 Å². The van der Waals surface area contributed by atoms with Crippen LogP contribution in [0.4, 0.5) is 0 Å². The number of carbonyl (C=O) groups is 2. The van der Waals surface area contributed by atoms with E-state index in [-0.39, 0.29) is 70.3 Å². The van der Waals surface area contributed by atoms with E-state index in [1.165, 1.54) is 12.5 Å². The van der Waals surface area contributed by atoms with Crippen molar-refractivity contribution in [3.8, 4) is 0 Å². The van der Waals surface area contributed by atoms with Crippen LogP contribution in [0, 0.1) is 50.2 Å². The molecule has 8 rings (SSSR count). The Bertz CT molecular complexity index is 1640. The fraction of sp³-hybridized carbons (Fsp3) is 0.907. The Morgan fingerprint density at radius 2 is 1.60 bits per heavy atom. The van der Waals surface area contributed by atoms with Gasteiger partial charge in [-0.25, -0.2) is 0 Å². The van der Waals surface area contributed by atoms with Crippen molar-refractivity contribution in [3.05, 3.63) is 11.6 Å². The van der Waals surface area contributed by atoms with E-state index in [4.69, 9.17) is 23.7 Å². The Balaban J connectivity index is 1.03. The third kappa shape index (κ3) is 6.00. The lowest BCUT2D eigenvalue weighted by Crippen LogP contribution is -2.68. The van der Waals surface area contributed by atoms with Crippen LogP contribution in [0.25, 0.3) is 0 Å². The molecule has 14 nitrogen and oxygen atoms in total. The minimum atomic E-state index is -1.55. The average Bonchev–Trinajstić information content (AvgIpc) is 3.45. The van der Waals surface area contributed by atoms with Crippen LogP contribution in [-0.2, 0) is 33.3 Å². The number of rotatable bonds is 6. The highest BCUT2D eigenvalue weighted by Gasteiger charge is 2.74. The van der Waals surface area contributed by atoms with Gasteiger partial charge < -0.3 is 59.6 Å². The molecule has 2 bridgehead atoms. The molecule has 57 heavy (non-hydrogen) atoms. The van der Waals surface area contributed by atoms with Crippen molar-refractivity contribution in [2.24, 2.45) is 50.2 Å². The van der Waals surface area contributed by atoms with Gasteiger partial charge in [0.2, 0.25) is 5.91 Å². The van der Waals surface area contributed by atoms with Gasteiger partial charge in [-0.15, -0.1) is 0 Å². The lowest BCUT2D eigenvalue weighted by atomic mass is 9.33. The van der Waals surface area contributed by atoms with Crippen LogP contribution in [0.2, 0.25) is 0 Å². The molecule has 3 saturated heterocycles. The van der Waals surface area contributed by atoms with E-state index >= 15 is 0 Å². The molecule has 8 aliphatic rings. The molecule has 3 heterocycles. The van der Waals surface area contributed by atoms with E-state index in [1.54, 1.807) is 0 Å². The van der Waals surface area contributed by atoms with Gasteiger partial charge in [-0.3, -0.25) is 9.59 Å². The molecule has 3 aliphatic heterocycles. The summed E-state index contributed by atoms with van der Waals surface area (Å²) < 4.78 is 30.2. The molecule has 0 aromatic rings. The summed E-state index contributed by atoms with van der Waals surface area (Å²) in [7, 11) is 0. The Hall–Kier alpha value is -1.72. The van der Waals surface area contributed by atoms with Crippen LogP contribution in [0.1, 0.15) is 107 Å². The summed E-state index contributed by atoms with van der Waals surface area (Å²) in [6, 6.07) is -1.08. The van der Waals surface area contributed by atoms with E-state index in [2.05, 4.69) is 59.9 Å². The van der Waals surface area contributed by atoms with Crippen LogP contribution in [0.15, 0.2) is 11.6 Å². The number of nitrogens with one attached hydrogen (secondary N) is 1. The van der Waals surface area contributed by atoms with E-state index in [0.29, 0.717) is 25.2 Å².